The van der Waals surface area contributed by atoms with Crippen LogP contribution in [0.15, 0.2) is 84.1 Å². The molecule has 0 bridgehead atoms. The summed E-state index contributed by atoms with van der Waals surface area (Å²) in [5, 5.41) is 0. The van der Waals surface area contributed by atoms with Crippen molar-refractivity contribution in [2.24, 2.45) is 0 Å². The summed E-state index contributed by atoms with van der Waals surface area (Å²) in [5.41, 5.74) is 2.73. The molecular formula is C38H48N6O5S. The molecule has 2 saturated heterocycles. The Bertz CT molecular complexity index is 1790. The lowest BCUT2D eigenvalue weighted by Gasteiger charge is -2.42. The van der Waals surface area contributed by atoms with Gasteiger partial charge in [0, 0.05) is 50.8 Å². The Labute approximate surface area is 296 Å². The first-order valence-electron chi connectivity index (χ1n) is 17.4. The Morgan fingerprint density at radius 2 is 1.66 bits per heavy atom. The molecule has 6 rings (SSSR count). The number of anilines is 1. The van der Waals surface area contributed by atoms with Crippen LogP contribution in [0.2, 0.25) is 0 Å². The second kappa shape index (κ2) is 15.8. The molecule has 2 aliphatic heterocycles. The summed E-state index contributed by atoms with van der Waals surface area (Å²) in [6.45, 7) is 8.99. The number of ether oxygens (including phenoxy) is 3. The second-order valence-corrected chi connectivity index (χ2v) is 15.1. The summed E-state index contributed by atoms with van der Waals surface area (Å²) in [6.07, 6.45) is 9.53. The lowest BCUT2D eigenvalue weighted by Crippen LogP contribution is -2.45. The zero-order valence-electron chi connectivity index (χ0n) is 29.5. The highest BCUT2D eigenvalue weighted by Crippen LogP contribution is 2.38. The Hall–Kier alpha value is -4.10. The van der Waals surface area contributed by atoms with Gasteiger partial charge in [0.1, 0.15) is 18.2 Å². The van der Waals surface area contributed by atoms with Crippen LogP contribution in [0.25, 0.3) is 0 Å². The van der Waals surface area contributed by atoms with E-state index in [0.717, 1.165) is 62.5 Å². The number of hydrogen-bond donors (Lipinski definition) is 0. The van der Waals surface area contributed by atoms with Crippen LogP contribution in [-0.2, 0) is 20.4 Å². The fraction of sp³-hybridized carbons (Fsp3) is 0.447. The predicted molar refractivity (Wildman–Crippen MR) is 193 cm³/mol. The molecular weight excluding hydrogens is 653 g/mol. The van der Waals surface area contributed by atoms with Gasteiger partial charge in [0.05, 0.1) is 30.3 Å². The molecule has 0 saturated carbocycles. The Kier molecular flexibility index (Phi) is 11.3. The van der Waals surface area contributed by atoms with Gasteiger partial charge in [0.15, 0.2) is 0 Å². The first kappa shape index (κ1) is 35.7. The van der Waals surface area contributed by atoms with Crippen LogP contribution in [0.3, 0.4) is 0 Å². The van der Waals surface area contributed by atoms with E-state index < -0.39 is 21.7 Å². The molecule has 12 heteroatoms. The highest BCUT2D eigenvalue weighted by atomic mass is 32.2. The Balaban J connectivity index is 1.16. The van der Waals surface area contributed by atoms with Crippen LogP contribution in [0.4, 0.5) is 5.82 Å². The smallest absolute Gasteiger partial charge is 0.318 e. The number of nitrogens with zero attached hydrogens (tertiary/aromatic N) is 6. The van der Waals surface area contributed by atoms with Crippen molar-refractivity contribution in [2.75, 3.05) is 65.0 Å². The van der Waals surface area contributed by atoms with Crippen LogP contribution >= 0.6 is 0 Å². The fourth-order valence-electron chi connectivity index (χ4n) is 7.19. The molecule has 2 aliphatic rings. The third-order valence-electron chi connectivity index (χ3n) is 9.99. The average Bonchev–Trinajstić information content (AvgIpc) is 3.66. The van der Waals surface area contributed by atoms with E-state index in [1.807, 2.05) is 48.7 Å². The van der Waals surface area contributed by atoms with Gasteiger partial charge < -0.3 is 24.0 Å². The molecule has 1 unspecified atom stereocenters. The van der Waals surface area contributed by atoms with Gasteiger partial charge in [-0.25, -0.2) is 13.4 Å². The molecule has 2 fully saturated rings. The summed E-state index contributed by atoms with van der Waals surface area (Å²) in [7, 11) is -0.759. The number of likely N-dealkylation sites (tertiary alicyclic amines) is 1. The predicted octanol–water partition coefficient (Wildman–Crippen LogP) is 5.55. The normalized spacial score (nSPS) is 17.2. The zero-order valence-corrected chi connectivity index (χ0v) is 30.3. The summed E-state index contributed by atoms with van der Waals surface area (Å²) in [5.74, 6) is 1.37. The lowest BCUT2D eigenvalue weighted by atomic mass is 9.85. The minimum atomic E-state index is -3.92. The number of likely N-dealkylation sites (N-methyl/N-ethyl adjacent to an activating group) is 1. The van der Waals surface area contributed by atoms with Gasteiger partial charge in [-0.15, -0.1) is 0 Å². The quantitative estimate of drug-likeness (QED) is 0.166. The van der Waals surface area contributed by atoms with Crippen LogP contribution < -0.4 is 14.4 Å². The topological polar surface area (TPSA) is 110 Å². The van der Waals surface area contributed by atoms with Crippen molar-refractivity contribution < 1.29 is 22.6 Å². The number of methoxy groups -OCH3 is 1. The van der Waals surface area contributed by atoms with Gasteiger partial charge in [0.25, 0.3) is 0 Å². The van der Waals surface area contributed by atoms with E-state index in [2.05, 4.69) is 25.8 Å². The standard InChI is InChI=1S/C38H48N6O5S/c1-29-25-33(47-4)26-30(2)36(29)50(45,46)42(3)34(31-11-6-5-7-12-31)28-48-37-40-18-14-35(41-37)44-21-15-38(16-22-44,32-13-10-17-39-27-32)49-24-23-43-19-8-9-20-43/h5-7,10-14,17-18,25-27,34H,8-9,15-16,19-24,28H2,1-4H3. The van der Waals surface area contributed by atoms with E-state index in [9.17, 15) is 8.42 Å². The number of hydrogen-bond acceptors (Lipinski definition) is 10. The number of sulfonamides is 1. The molecule has 0 radical (unpaired) electrons. The maximum absolute atomic E-state index is 14.1. The Morgan fingerprint density at radius 1 is 0.940 bits per heavy atom. The van der Waals surface area contributed by atoms with Crippen molar-refractivity contribution in [2.45, 2.75) is 56.1 Å². The van der Waals surface area contributed by atoms with Crippen LogP contribution in [-0.4, -0.2) is 92.7 Å². The monoisotopic (exact) mass is 700 g/mol. The first-order chi connectivity index (χ1) is 24.2. The summed E-state index contributed by atoms with van der Waals surface area (Å²) in [6, 6.07) is 18.5. The lowest BCUT2D eigenvalue weighted by molar-refractivity contribution is -0.0727. The molecule has 1 atom stereocenters. The SMILES string of the molecule is COc1cc(C)c(S(=O)(=O)N(C)C(COc2nccc(N3CCC(OCCN4CCCC4)(c4cccnc4)CC3)n2)c2ccccc2)c(C)c1. The van der Waals surface area contributed by atoms with Gasteiger partial charge >= 0.3 is 6.01 Å². The van der Waals surface area contributed by atoms with Gasteiger partial charge in [-0.3, -0.25) is 4.98 Å². The number of piperidine rings is 1. The van der Waals surface area contributed by atoms with Crippen molar-refractivity contribution in [1.29, 1.82) is 0 Å². The van der Waals surface area contributed by atoms with Crippen LogP contribution in [0, 0.1) is 13.8 Å². The van der Waals surface area contributed by atoms with E-state index in [1.165, 1.54) is 17.1 Å². The average molecular weight is 701 g/mol. The van der Waals surface area contributed by atoms with E-state index in [0.29, 0.717) is 23.5 Å². The fourth-order valence-corrected chi connectivity index (χ4v) is 8.92. The Morgan fingerprint density at radius 3 is 2.32 bits per heavy atom. The van der Waals surface area contributed by atoms with E-state index >= 15 is 0 Å². The molecule has 2 aromatic heterocycles. The van der Waals surface area contributed by atoms with Gasteiger partial charge in [-0.1, -0.05) is 36.4 Å². The highest BCUT2D eigenvalue weighted by Gasteiger charge is 2.38. The van der Waals surface area contributed by atoms with Gasteiger partial charge in [-0.2, -0.15) is 9.29 Å². The molecule has 4 aromatic rings. The third kappa shape index (κ3) is 7.94. The minimum Gasteiger partial charge on any atom is -0.497 e. The van der Waals surface area contributed by atoms with Crippen molar-refractivity contribution >= 4 is 15.8 Å². The molecule has 0 N–H and O–H groups in total. The third-order valence-corrected chi connectivity index (χ3v) is 12.2. The highest BCUT2D eigenvalue weighted by molar-refractivity contribution is 7.89. The maximum atomic E-state index is 14.1. The molecule has 266 valence electrons. The number of aryl methyl sites for hydroxylation is 2. The minimum absolute atomic E-state index is 0.0203. The number of pyridine rings is 1. The maximum Gasteiger partial charge on any atom is 0.318 e. The number of benzene rings is 2. The van der Waals surface area contributed by atoms with Crippen molar-refractivity contribution in [1.82, 2.24) is 24.2 Å². The summed E-state index contributed by atoms with van der Waals surface area (Å²) in [4.78, 5) is 18.5. The molecule has 0 amide bonds. The molecule has 11 nitrogen and oxygen atoms in total. The first-order valence-corrected chi connectivity index (χ1v) is 18.8. The zero-order chi connectivity index (χ0) is 35.1. The van der Waals surface area contributed by atoms with E-state index in [4.69, 9.17) is 19.2 Å². The van der Waals surface area contributed by atoms with Crippen molar-refractivity contribution in [3.63, 3.8) is 0 Å². The summed E-state index contributed by atoms with van der Waals surface area (Å²) >= 11 is 0. The molecule has 50 heavy (non-hydrogen) atoms. The van der Waals surface area contributed by atoms with Crippen molar-refractivity contribution in [3.05, 3.63) is 102 Å². The molecule has 2 aromatic carbocycles. The van der Waals surface area contributed by atoms with Gasteiger partial charge in [0.2, 0.25) is 10.0 Å². The number of aromatic nitrogens is 3. The van der Waals surface area contributed by atoms with Gasteiger partial charge in [-0.05, 0) is 93.6 Å². The van der Waals surface area contributed by atoms with E-state index in [1.54, 1.807) is 52.5 Å². The second-order valence-electron chi connectivity index (χ2n) is 13.2. The van der Waals surface area contributed by atoms with Crippen LogP contribution in [0.5, 0.6) is 11.8 Å². The van der Waals surface area contributed by atoms with Crippen molar-refractivity contribution in [3.8, 4) is 11.8 Å². The largest absolute Gasteiger partial charge is 0.497 e. The molecule has 0 aliphatic carbocycles. The van der Waals surface area contributed by atoms with E-state index in [-0.39, 0.29) is 17.5 Å². The summed E-state index contributed by atoms with van der Waals surface area (Å²) < 4.78 is 47.9. The molecule has 4 heterocycles. The molecule has 0 spiro atoms. The van der Waals surface area contributed by atoms with Crippen LogP contribution in [0.1, 0.15) is 54.0 Å². The number of rotatable bonds is 14.